The lowest BCUT2D eigenvalue weighted by atomic mass is 10.1. The molecule has 0 fully saturated rings. The Labute approximate surface area is 149 Å². The number of nitro benzene ring substituents is 1. The summed E-state index contributed by atoms with van der Waals surface area (Å²) < 4.78 is 10.6. The van der Waals surface area contributed by atoms with Crippen LogP contribution in [-0.4, -0.2) is 17.9 Å². The maximum Gasteiger partial charge on any atom is 0.287 e. The summed E-state index contributed by atoms with van der Waals surface area (Å²) in [5, 5.41) is 13.6. The van der Waals surface area contributed by atoms with Gasteiger partial charge in [-0.05, 0) is 29.8 Å². The van der Waals surface area contributed by atoms with E-state index in [2.05, 4.69) is 5.32 Å². The van der Waals surface area contributed by atoms with Crippen molar-refractivity contribution in [3.05, 3.63) is 82.1 Å². The number of hydrogen-bond acceptors (Lipinski definition) is 5. The fourth-order valence-corrected chi connectivity index (χ4v) is 2.40. The van der Waals surface area contributed by atoms with Crippen LogP contribution < -0.4 is 10.1 Å². The summed E-state index contributed by atoms with van der Waals surface area (Å²) in [5.41, 5.74) is 1.42. The molecule has 1 amide bonds. The molecule has 3 aromatic rings. The summed E-state index contributed by atoms with van der Waals surface area (Å²) in [6, 6.07) is 16.5. The van der Waals surface area contributed by atoms with Gasteiger partial charge >= 0.3 is 0 Å². The average Bonchev–Trinajstić information content (AvgIpc) is 3.17. The average molecular weight is 352 g/mol. The second kappa shape index (κ2) is 7.52. The van der Waals surface area contributed by atoms with E-state index in [4.69, 9.17) is 9.15 Å². The number of carbonyl (C=O) groups excluding carboxylic acids is 1. The molecular formula is C19H16N2O5. The van der Waals surface area contributed by atoms with Gasteiger partial charge in [-0.2, -0.15) is 0 Å². The maximum absolute atomic E-state index is 12.2. The van der Waals surface area contributed by atoms with Gasteiger partial charge in [-0.25, -0.2) is 0 Å². The quantitative estimate of drug-likeness (QED) is 0.538. The number of nitrogens with one attached hydrogen (secondary N) is 1. The molecule has 2 aromatic carbocycles. The zero-order chi connectivity index (χ0) is 18.5. The molecule has 0 radical (unpaired) electrons. The first-order valence-corrected chi connectivity index (χ1v) is 7.82. The molecule has 26 heavy (non-hydrogen) atoms. The Hall–Kier alpha value is -3.61. The number of nitrogens with zero attached hydrogens (tertiary/aromatic N) is 1. The van der Waals surface area contributed by atoms with Crippen LogP contribution in [0.5, 0.6) is 5.75 Å². The Kier molecular flexibility index (Phi) is 4.98. The van der Waals surface area contributed by atoms with Crippen molar-refractivity contribution >= 4 is 11.6 Å². The topological polar surface area (TPSA) is 94.6 Å². The highest BCUT2D eigenvalue weighted by molar-refractivity contribution is 5.92. The van der Waals surface area contributed by atoms with Gasteiger partial charge in [0.1, 0.15) is 11.5 Å². The summed E-state index contributed by atoms with van der Waals surface area (Å²) in [5.74, 6) is 0.911. The van der Waals surface area contributed by atoms with Gasteiger partial charge in [-0.3, -0.25) is 14.9 Å². The Morgan fingerprint density at radius 2 is 1.92 bits per heavy atom. The molecule has 7 nitrogen and oxygen atoms in total. The number of benzene rings is 2. The van der Waals surface area contributed by atoms with E-state index >= 15 is 0 Å². The first-order chi connectivity index (χ1) is 12.6. The van der Waals surface area contributed by atoms with Crippen LogP contribution in [0.15, 0.2) is 65.1 Å². The van der Waals surface area contributed by atoms with Gasteiger partial charge in [-0.15, -0.1) is 0 Å². The number of furan rings is 1. The number of carbonyl (C=O) groups is 1. The van der Waals surface area contributed by atoms with Gasteiger partial charge < -0.3 is 14.5 Å². The molecule has 0 aliphatic heterocycles. The lowest BCUT2D eigenvalue weighted by Gasteiger charge is -2.05. The Morgan fingerprint density at radius 1 is 1.15 bits per heavy atom. The molecule has 0 bridgehead atoms. The van der Waals surface area contributed by atoms with Crippen LogP contribution >= 0.6 is 0 Å². The third-order valence-electron chi connectivity index (χ3n) is 3.78. The lowest BCUT2D eigenvalue weighted by Crippen LogP contribution is -2.22. The molecule has 0 spiro atoms. The largest absolute Gasteiger partial charge is 0.497 e. The van der Waals surface area contributed by atoms with Gasteiger partial charge in [0.05, 0.1) is 12.0 Å². The van der Waals surface area contributed by atoms with Crippen LogP contribution in [0.2, 0.25) is 0 Å². The molecule has 0 aliphatic rings. The van der Waals surface area contributed by atoms with Gasteiger partial charge in [0.15, 0.2) is 5.76 Å². The minimum Gasteiger partial charge on any atom is -0.497 e. The lowest BCUT2D eigenvalue weighted by molar-refractivity contribution is -0.384. The van der Waals surface area contributed by atoms with E-state index in [9.17, 15) is 14.9 Å². The predicted octanol–water partition coefficient (Wildman–Crippen LogP) is 3.79. The van der Waals surface area contributed by atoms with Crippen LogP contribution in [0.3, 0.4) is 0 Å². The Balaban J connectivity index is 1.67. The van der Waals surface area contributed by atoms with Gasteiger partial charge in [-0.1, -0.05) is 24.3 Å². The van der Waals surface area contributed by atoms with E-state index in [0.29, 0.717) is 17.9 Å². The van der Waals surface area contributed by atoms with Gasteiger partial charge in [0.25, 0.3) is 11.6 Å². The Bertz CT molecular complexity index is 931. The monoisotopic (exact) mass is 352 g/mol. The maximum atomic E-state index is 12.2. The van der Waals surface area contributed by atoms with Crippen LogP contribution in [0, 0.1) is 10.1 Å². The van der Waals surface area contributed by atoms with Gasteiger partial charge in [0, 0.05) is 24.2 Å². The van der Waals surface area contributed by atoms with E-state index in [1.807, 2.05) is 24.3 Å². The zero-order valence-electron chi connectivity index (χ0n) is 14.0. The van der Waals surface area contributed by atoms with E-state index < -0.39 is 4.92 Å². The number of amides is 1. The summed E-state index contributed by atoms with van der Waals surface area (Å²) in [6.45, 7) is 0.343. The van der Waals surface area contributed by atoms with Crippen LogP contribution in [0.4, 0.5) is 5.69 Å². The minimum atomic E-state index is -0.477. The molecule has 7 heteroatoms. The van der Waals surface area contributed by atoms with Gasteiger partial charge in [0.2, 0.25) is 0 Å². The standard InChI is InChI=1S/C19H16N2O5/c1-25-16-7-5-13(6-8-16)12-20-19(22)18-10-9-17(26-18)14-3-2-4-15(11-14)21(23)24/h2-11H,12H2,1H3,(H,20,22). The number of ether oxygens (including phenoxy) is 1. The fraction of sp³-hybridized carbons (Fsp3) is 0.105. The van der Waals surface area contributed by atoms with Crippen molar-refractivity contribution in [2.45, 2.75) is 6.54 Å². The minimum absolute atomic E-state index is 0.0376. The normalized spacial score (nSPS) is 10.3. The number of non-ortho nitro benzene ring substituents is 1. The van der Waals surface area contributed by atoms with Crippen molar-refractivity contribution in [2.24, 2.45) is 0 Å². The van der Waals surface area contributed by atoms with Crippen molar-refractivity contribution in [1.29, 1.82) is 0 Å². The molecule has 0 aliphatic carbocycles. The number of rotatable bonds is 6. The van der Waals surface area contributed by atoms with Crippen molar-refractivity contribution in [3.8, 4) is 17.1 Å². The first-order valence-electron chi connectivity index (χ1n) is 7.82. The van der Waals surface area contributed by atoms with Crippen LogP contribution in [0.25, 0.3) is 11.3 Å². The smallest absolute Gasteiger partial charge is 0.287 e. The van der Waals surface area contributed by atoms with Crippen molar-refractivity contribution in [1.82, 2.24) is 5.32 Å². The highest BCUT2D eigenvalue weighted by atomic mass is 16.6. The fourth-order valence-electron chi connectivity index (χ4n) is 2.40. The molecule has 0 unspecified atom stereocenters. The van der Waals surface area contributed by atoms with E-state index in [0.717, 1.165) is 11.3 Å². The molecule has 1 aromatic heterocycles. The van der Waals surface area contributed by atoms with E-state index in [1.165, 1.54) is 18.2 Å². The zero-order valence-corrected chi connectivity index (χ0v) is 14.0. The van der Waals surface area contributed by atoms with Crippen LogP contribution in [0.1, 0.15) is 16.1 Å². The number of methoxy groups -OCH3 is 1. The summed E-state index contributed by atoms with van der Waals surface area (Å²) >= 11 is 0. The molecule has 132 valence electrons. The highest BCUT2D eigenvalue weighted by Gasteiger charge is 2.14. The number of nitro groups is 1. The second-order valence-corrected chi connectivity index (χ2v) is 5.50. The third-order valence-corrected chi connectivity index (χ3v) is 3.78. The molecular weight excluding hydrogens is 336 g/mol. The SMILES string of the molecule is COc1ccc(CNC(=O)c2ccc(-c3cccc([N+](=O)[O-])c3)o2)cc1. The third kappa shape index (κ3) is 3.89. The van der Waals surface area contributed by atoms with Crippen molar-refractivity contribution in [2.75, 3.05) is 7.11 Å². The summed E-state index contributed by atoms with van der Waals surface area (Å²) in [6.07, 6.45) is 0. The van der Waals surface area contributed by atoms with Crippen molar-refractivity contribution < 1.29 is 18.9 Å². The predicted molar refractivity (Wildman–Crippen MR) is 95.0 cm³/mol. The number of hydrogen-bond donors (Lipinski definition) is 1. The van der Waals surface area contributed by atoms with E-state index in [1.54, 1.807) is 25.3 Å². The molecule has 3 rings (SSSR count). The van der Waals surface area contributed by atoms with Crippen molar-refractivity contribution in [3.63, 3.8) is 0 Å². The first kappa shape index (κ1) is 17.2. The molecule has 1 heterocycles. The highest BCUT2D eigenvalue weighted by Crippen LogP contribution is 2.25. The van der Waals surface area contributed by atoms with Crippen LogP contribution in [-0.2, 0) is 6.54 Å². The Morgan fingerprint density at radius 3 is 2.62 bits per heavy atom. The van der Waals surface area contributed by atoms with E-state index in [-0.39, 0.29) is 17.4 Å². The second-order valence-electron chi connectivity index (χ2n) is 5.50. The molecule has 1 N–H and O–H groups in total. The summed E-state index contributed by atoms with van der Waals surface area (Å²) in [4.78, 5) is 22.6. The summed E-state index contributed by atoms with van der Waals surface area (Å²) in [7, 11) is 1.59. The molecule has 0 saturated heterocycles. The molecule has 0 saturated carbocycles. The molecule has 0 atom stereocenters.